The minimum absolute atomic E-state index is 0.427. The lowest BCUT2D eigenvalue weighted by molar-refractivity contribution is -0.0470. The van der Waals surface area contributed by atoms with Gasteiger partial charge < -0.3 is 10.1 Å². The Hall–Kier alpha value is -0.0800. The summed E-state index contributed by atoms with van der Waals surface area (Å²) in [4.78, 5) is 0. The molecule has 2 nitrogen and oxygen atoms in total. The average Bonchev–Trinajstić information content (AvgIpc) is 3.04. The Morgan fingerprint density at radius 2 is 1.85 bits per heavy atom. The Morgan fingerprint density at radius 3 is 2.45 bits per heavy atom. The third-order valence-electron chi connectivity index (χ3n) is 7.14. The number of hydrogen-bond donors (Lipinski definition) is 1. The van der Waals surface area contributed by atoms with E-state index in [1.165, 1.54) is 51.4 Å². The van der Waals surface area contributed by atoms with Crippen LogP contribution >= 0.6 is 0 Å². The summed E-state index contributed by atoms with van der Waals surface area (Å²) in [6.45, 7) is 9.50. The molecule has 3 rings (SSSR count). The molecule has 1 N–H and O–H groups in total. The van der Waals surface area contributed by atoms with Crippen LogP contribution in [0.4, 0.5) is 0 Å². The highest BCUT2D eigenvalue weighted by Gasteiger charge is 2.61. The zero-order valence-electron chi connectivity index (χ0n) is 13.7. The lowest BCUT2D eigenvalue weighted by Crippen LogP contribution is -2.37. The van der Waals surface area contributed by atoms with Crippen LogP contribution < -0.4 is 5.32 Å². The molecule has 0 aliphatic heterocycles. The molecule has 2 bridgehead atoms. The van der Waals surface area contributed by atoms with Crippen LogP contribution in [-0.4, -0.2) is 25.3 Å². The number of nitrogens with one attached hydrogen (secondary N) is 1. The Balaban J connectivity index is 1.37. The molecular formula is C18H33NO. The standard InChI is InChI=1S/C18H33NO/c1-17(2)14-9-10-18(17,3)16(13-14)20-12-6-11-19-15-7-4-5-8-15/h14-16,19H,4-13H2,1-3H3. The van der Waals surface area contributed by atoms with Gasteiger partial charge in [-0.25, -0.2) is 0 Å². The summed E-state index contributed by atoms with van der Waals surface area (Å²) in [7, 11) is 0. The predicted molar refractivity (Wildman–Crippen MR) is 83.8 cm³/mol. The second-order valence-electron chi connectivity index (χ2n) is 8.26. The molecule has 3 aliphatic rings. The highest BCUT2D eigenvalue weighted by molar-refractivity contribution is 5.11. The maximum Gasteiger partial charge on any atom is 0.0636 e. The van der Waals surface area contributed by atoms with Crippen LogP contribution in [0.1, 0.15) is 72.1 Å². The predicted octanol–water partition coefficient (Wildman–Crippen LogP) is 4.14. The second kappa shape index (κ2) is 5.61. The van der Waals surface area contributed by atoms with Gasteiger partial charge in [0.2, 0.25) is 0 Å². The Labute approximate surface area is 125 Å². The van der Waals surface area contributed by atoms with E-state index in [4.69, 9.17) is 4.74 Å². The summed E-state index contributed by atoms with van der Waals surface area (Å²) in [5.41, 5.74) is 0.913. The van der Waals surface area contributed by atoms with Crippen molar-refractivity contribution in [2.75, 3.05) is 13.2 Å². The summed E-state index contributed by atoms with van der Waals surface area (Å²) in [5.74, 6) is 0.897. The van der Waals surface area contributed by atoms with Crippen molar-refractivity contribution >= 4 is 0 Å². The maximum atomic E-state index is 6.30. The van der Waals surface area contributed by atoms with Gasteiger partial charge in [0.15, 0.2) is 0 Å². The third-order valence-corrected chi connectivity index (χ3v) is 7.14. The van der Waals surface area contributed by atoms with Crippen molar-refractivity contribution in [2.24, 2.45) is 16.7 Å². The largest absolute Gasteiger partial charge is 0.378 e. The van der Waals surface area contributed by atoms with E-state index in [-0.39, 0.29) is 0 Å². The molecule has 0 heterocycles. The Kier molecular flexibility index (Phi) is 4.16. The van der Waals surface area contributed by atoms with Crippen molar-refractivity contribution in [1.29, 1.82) is 0 Å². The second-order valence-corrected chi connectivity index (χ2v) is 8.26. The van der Waals surface area contributed by atoms with E-state index in [2.05, 4.69) is 26.1 Å². The average molecular weight is 279 g/mol. The molecule has 20 heavy (non-hydrogen) atoms. The molecular weight excluding hydrogens is 246 g/mol. The van der Waals surface area contributed by atoms with Crippen molar-refractivity contribution in [3.8, 4) is 0 Å². The summed E-state index contributed by atoms with van der Waals surface area (Å²) in [6, 6.07) is 0.800. The fraction of sp³-hybridized carbons (Fsp3) is 1.00. The van der Waals surface area contributed by atoms with Crippen LogP contribution in [0.5, 0.6) is 0 Å². The molecule has 0 saturated heterocycles. The van der Waals surface area contributed by atoms with Gasteiger partial charge in [0.05, 0.1) is 6.10 Å². The molecule has 0 amide bonds. The van der Waals surface area contributed by atoms with Crippen LogP contribution in [-0.2, 0) is 4.74 Å². The van der Waals surface area contributed by atoms with E-state index >= 15 is 0 Å². The lowest BCUT2D eigenvalue weighted by atomic mass is 9.70. The number of fused-ring (bicyclic) bond motifs is 2. The molecule has 2 heteroatoms. The summed E-state index contributed by atoms with van der Waals surface area (Å²) >= 11 is 0. The van der Waals surface area contributed by atoms with Crippen LogP contribution in [0, 0.1) is 16.7 Å². The lowest BCUT2D eigenvalue weighted by Gasteiger charge is -2.39. The quantitative estimate of drug-likeness (QED) is 0.738. The maximum absolute atomic E-state index is 6.30. The van der Waals surface area contributed by atoms with Gasteiger partial charge in [-0.15, -0.1) is 0 Å². The molecule has 3 atom stereocenters. The van der Waals surface area contributed by atoms with E-state index in [1.54, 1.807) is 0 Å². The van der Waals surface area contributed by atoms with Crippen molar-refractivity contribution in [3.63, 3.8) is 0 Å². The van der Waals surface area contributed by atoms with Gasteiger partial charge in [0.25, 0.3) is 0 Å². The molecule has 3 unspecified atom stereocenters. The van der Waals surface area contributed by atoms with Crippen LogP contribution in [0.25, 0.3) is 0 Å². The summed E-state index contributed by atoms with van der Waals surface area (Å²) in [5, 5.41) is 3.69. The van der Waals surface area contributed by atoms with Crippen LogP contribution in [0.2, 0.25) is 0 Å². The molecule has 0 spiro atoms. The molecule has 0 aromatic carbocycles. The zero-order valence-corrected chi connectivity index (χ0v) is 13.7. The first-order valence-electron chi connectivity index (χ1n) is 8.89. The SMILES string of the molecule is CC1(C)C2CCC1(C)C(OCCCNC1CCCC1)C2. The van der Waals surface area contributed by atoms with E-state index in [0.29, 0.717) is 16.9 Å². The fourth-order valence-electron chi connectivity index (χ4n) is 5.12. The van der Waals surface area contributed by atoms with Crippen molar-refractivity contribution in [2.45, 2.75) is 84.3 Å². The van der Waals surface area contributed by atoms with E-state index in [9.17, 15) is 0 Å². The van der Waals surface area contributed by atoms with Crippen LogP contribution in [0.15, 0.2) is 0 Å². The Morgan fingerprint density at radius 1 is 1.10 bits per heavy atom. The molecule has 3 aliphatic carbocycles. The normalized spacial score (nSPS) is 39.8. The Bertz CT molecular complexity index is 334. The van der Waals surface area contributed by atoms with Gasteiger partial charge in [-0.05, 0) is 61.8 Å². The first-order chi connectivity index (χ1) is 9.54. The van der Waals surface area contributed by atoms with Gasteiger partial charge in [0, 0.05) is 12.6 Å². The highest BCUT2D eigenvalue weighted by atomic mass is 16.5. The molecule has 0 aromatic rings. The highest BCUT2D eigenvalue weighted by Crippen LogP contribution is 2.66. The fourth-order valence-corrected chi connectivity index (χ4v) is 5.12. The minimum Gasteiger partial charge on any atom is -0.378 e. The molecule has 0 aromatic heterocycles. The van der Waals surface area contributed by atoms with Gasteiger partial charge >= 0.3 is 0 Å². The molecule has 3 fully saturated rings. The third kappa shape index (κ3) is 2.43. The molecule has 0 radical (unpaired) electrons. The molecule has 3 saturated carbocycles. The topological polar surface area (TPSA) is 21.3 Å². The van der Waals surface area contributed by atoms with Gasteiger partial charge in [-0.3, -0.25) is 0 Å². The smallest absolute Gasteiger partial charge is 0.0636 e. The first-order valence-corrected chi connectivity index (χ1v) is 8.89. The van der Waals surface area contributed by atoms with E-state index in [1.807, 2.05) is 0 Å². The number of rotatable bonds is 6. The zero-order chi connectivity index (χ0) is 14.2. The number of hydrogen-bond acceptors (Lipinski definition) is 2. The first kappa shape index (κ1) is 14.8. The van der Waals surface area contributed by atoms with Gasteiger partial charge in [-0.2, -0.15) is 0 Å². The van der Waals surface area contributed by atoms with Gasteiger partial charge in [0.1, 0.15) is 0 Å². The van der Waals surface area contributed by atoms with Crippen LogP contribution in [0.3, 0.4) is 0 Å². The van der Waals surface area contributed by atoms with Crippen molar-refractivity contribution in [3.05, 3.63) is 0 Å². The summed E-state index contributed by atoms with van der Waals surface area (Å²) in [6.07, 6.45) is 11.4. The van der Waals surface area contributed by atoms with E-state index < -0.39 is 0 Å². The number of ether oxygens (including phenoxy) is 1. The monoisotopic (exact) mass is 279 g/mol. The minimum atomic E-state index is 0.427. The van der Waals surface area contributed by atoms with Gasteiger partial charge in [-0.1, -0.05) is 33.6 Å². The van der Waals surface area contributed by atoms with Crippen molar-refractivity contribution < 1.29 is 4.74 Å². The summed E-state index contributed by atoms with van der Waals surface area (Å²) < 4.78 is 6.30. The molecule has 116 valence electrons. The van der Waals surface area contributed by atoms with E-state index in [0.717, 1.165) is 25.1 Å². The van der Waals surface area contributed by atoms with Crippen molar-refractivity contribution in [1.82, 2.24) is 5.32 Å².